The first-order valence-corrected chi connectivity index (χ1v) is 14.1. The normalized spacial score (nSPS) is 10.6. The van der Waals surface area contributed by atoms with Gasteiger partial charge in [-0.3, -0.25) is 9.59 Å². The van der Waals surface area contributed by atoms with Crippen molar-refractivity contribution < 1.29 is 0 Å². The Hall–Kier alpha value is -4.90. The molecular formula is C30H20N6O2S2. The number of nitrogens with one attached hydrogen (secondary N) is 2. The Bertz CT molecular complexity index is 1720. The van der Waals surface area contributed by atoms with E-state index in [4.69, 9.17) is 0 Å². The topological polar surface area (TPSA) is 139 Å². The van der Waals surface area contributed by atoms with Gasteiger partial charge in [0.1, 0.15) is 23.3 Å². The van der Waals surface area contributed by atoms with Crippen molar-refractivity contribution in [3.63, 3.8) is 0 Å². The predicted molar refractivity (Wildman–Crippen MR) is 156 cm³/mol. The van der Waals surface area contributed by atoms with Gasteiger partial charge >= 0.3 is 0 Å². The maximum absolute atomic E-state index is 12.5. The summed E-state index contributed by atoms with van der Waals surface area (Å²) in [6, 6.07) is 30.2. The molecule has 5 rings (SSSR count). The van der Waals surface area contributed by atoms with Crippen LogP contribution in [0.2, 0.25) is 0 Å². The molecule has 0 atom stereocenters. The minimum Gasteiger partial charge on any atom is -0.300 e. The molecule has 0 saturated heterocycles. The molecule has 40 heavy (non-hydrogen) atoms. The number of thioether (sulfide) groups is 2. The highest BCUT2D eigenvalue weighted by Gasteiger charge is 2.15. The van der Waals surface area contributed by atoms with Crippen LogP contribution < -0.4 is 11.1 Å². The van der Waals surface area contributed by atoms with Crippen molar-refractivity contribution in [3.8, 4) is 34.7 Å². The number of benzene rings is 3. The maximum Gasteiger partial charge on any atom is 0.270 e. The Morgan fingerprint density at radius 3 is 1.32 bits per heavy atom. The monoisotopic (exact) mass is 560 g/mol. The summed E-state index contributed by atoms with van der Waals surface area (Å²) in [5, 5.41) is 19.8. The zero-order valence-corrected chi connectivity index (χ0v) is 22.6. The highest BCUT2D eigenvalue weighted by Crippen LogP contribution is 2.26. The van der Waals surface area contributed by atoms with Crippen LogP contribution in [0.5, 0.6) is 0 Å². The lowest BCUT2D eigenvalue weighted by Crippen LogP contribution is -2.14. The van der Waals surface area contributed by atoms with Crippen molar-refractivity contribution >= 4 is 23.5 Å². The summed E-state index contributed by atoms with van der Waals surface area (Å²) in [6.07, 6.45) is 0. The van der Waals surface area contributed by atoms with Crippen LogP contribution in [0.1, 0.15) is 22.3 Å². The summed E-state index contributed by atoms with van der Waals surface area (Å²) in [6.45, 7) is 0. The van der Waals surface area contributed by atoms with Crippen LogP contribution in [-0.2, 0) is 11.5 Å². The van der Waals surface area contributed by atoms with Gasteiger partial charge in [-0.15, -0.1) is 0 Å². The van der Waals surface area contributed by atoms with Crippen molar-refractivity contribution in [2.24, 2.45) is 0 Å². The molecule has 5 aromatic rings. The standard InChI is InChI=1S/C30H20N6O2S2/c31-15-23-25(21-7-3-1-4-8-21)33-29(35-27(23)37)39-17-19-11-13-20(14-12-19)18-40-30-34-26(22-9-5-2-6-10-22)24(16-32)28(38)36-30/h1-14H,17-18H2,(H,33,35,37)(H,34,36,38). The van der Waals surface area contributed by atoms with Crippen molar-refractivity contribution in [2.45, 2.75) is 21.8 Å². The van der Waals surface area contributed by atoms with Gasteiger partial charge in [-0.05, 0) is 11.1 Å². The molecule has 2 aromatic heterocycles. The molecule has 0 unspecified atom stereocenters. The average Bonchev–Trinajstić information content (AvgIpc) is 3.00. The quantitative estimate of drug-likeness (QED) is 0.187. The van der Waals surface area contributed by atoms with Gasteiger partial charge in [0.25, 0.3) is 11.1 Å². The number of H-pyrrole nitrogens is 2. The van der Waals surface area contributed by atoms with Gasteiger partial charge in [0.2, 0.25) is 0 Å². The van der Waals surface area contributed by atoms with Crippen LogP contribution in [0.25, 0.3) is 22.5 Å². The van der Waals surface area contributed by atoms with Crippen LogP contribution in [0.4, 0.5) is 0 Å². The molecule has 0 amide bonds. The van der Waals surface area contributed by atoms with E-state index in [0.717, 1.165) is 11.1 Å². The first-order valence-electron chi connectivity index (χ1n) is 12.1. The summed E-state index contributed by atoms with van der Waals surface area (Å²) in [5.74, 6) is 1.14. The largest absolute Gasteiger partial charge is 0.300 e. The van der Waals surface area contributed by atoms with E-state index in [1.54, 1.807) is 0 Å². The maximum atomic E-state index is 12.5. The Kier molecular flexibility index (Phi) is 8.21. The third-order valence-electron chi connectivity index (χ3n) is 5.89. The molecular weight excluding hydrogens is 541 g/mol. The molecule has 0 aliphatic rings. The Balaban J connectivity index is 1.27. The minimum absolute atomic E-state index is 0.00797. The zero-order chi connectivity index (χ0) is 27.9. The van der Waals surface area contributed by atoms with Crippen LogP contribution in [0.15, 0.2) is 105 Å². The highest BCUT2D eigenvalue weighted by molar-refractivity contribution is 7.98. The number of aromatic nitrogens is 4. The van der Waals surface area contributed by atoms with E-state index in [1.165, 1.54) is 23.5 Å². The summed E-state index contributed by atoms with van der Waals surface area (Å²) in [4.78, 5) is 39.5. The van der Waals surface area contributed by atoms with Crippen LogP contribution >= 0.6 is 23.5 Å². The number of nitriles is 2. The lowest BCUT2D eigenvalue weighted by Gasteiger charge is -2.08. The summed E-state index contributed by atoms with van der Waals surface area (Å²) < 4.78 is 0. The van der Waals surface area contributed by atoms with Crippen LogP contribution in [-0.4, -0.2) is 19.9 Å². The molecule has 0 aliphatic carbocycles. The molecule has 0 saturated carbocycles. The molecule has 0 bridgehead atoms. The second-order valence-electron chi connectivity index (χ2n) is 8.54. The number of aromatic amines is 2. The lowest BCUT2D eigenvalue weighted by atomic mass is 10.1. The van der Waals surface area contributed by atoms with Gasteiger partial charge < -0.3 is 9.97 Å². The molecule has 2 heterocycles. The molecule has 0 radical (unpaired) electrons. The fraction of sp³-hybridized carbons (Fsp3) is 0.0667. The zero-order valence-electron chi connectivity index (χ0n) is 20.9. The van der Waals surface area contributed by atoms with E-state index in [1.807, 2.05) is 97.1 Å². The number of rotatable bonds is 8. The van der Waals surface area contributed by atoms with E-state index in [9.17, 15) is 20.1 Å². The third kappa shape index (κ3) is 6.05. The van der Waals surface area contributed by atoms with Gasteiger partial charge in [0.05, 0.1) is 11.4 Å². The first-order chi connectivity index (χ1) is 19.6. The molecule has 8 nitrogen and oxygen atoms in total. The van der Waals surface area contributed by atoms with Crippen molar-refractivity contribution in [1.29, 1.82) is 10.5 Å². The van der Waals surface area contributed by atoms with Gasteiger partial charge in [-0.25, -0.2) is 9.97 Å². The first kappa shape index (κ1) is 26.7. The number of nitrogens with zero attached hydrogens (tertiary/aromatic N) is 4. The Labute approximate surface area is 237 Å². The molecule has 0 aliphatic heterocycles. The predicted octanol–water partition coefficient (Wildman–Crippen LogP) is 5.52. The van der Waals surface area contributed by atoms with E-state index < -0.39 is 11.1 Å². The molecule has 2 N–H and O–H groups in total. The van der Waals surface area contributed by atoms with Crippen molar-refractivity contribution in [3.05, 3.63) is 128 Å². The third-order valence-corrected chi connectivity index (χ3v) is 7.78. The lowest BCUT2D eigenvalue weighted by molar-refractivity contribution is 0.934. The second kappa shape index (κ2) is 12.3. The molecule has 3 aromatic carbocycles. The van der Waals surface area contributed by atoms with Gasteiger partial charge in [0, 0.05) is 22.6 Å². The van der Waals surface area contributed by atoms with Gasteiger partial charge in [-0.2, -0.15) is 10.5 Å². The summed E-state index contributed by atoms with van der Waals surface area (Å²) in [7, 11) is 0. The average molecular weight is 561 g/mol. The Morgan fingerprint density at radius 2 is 0.975 bits per heavy atom. The fourth-order valence-electron chi connectivity index (χ4n) is 3.89. The number of hydrogen-bond acceptors (Lipinski definition) is 8. The molecule has 10 heteroatoms. The fourth-order valence-corrected chi connectivity index (χ4v) is 5.53. The summed E-state index contributed by atoms with van der Waals surface area (Å²) >= 11 is 2.76. The molecule has 0 fully saturated rings. The van der Waals surface area contributed by atoms with Crippen LogP contribution in [0, 0.1) is 22.7 Å². The second-order valence-corrected chi connectivity index (χ2v) is 10.5. The van der Waals surface area contributed by atoms with E-state index in [-0.39, 0.29) is 11.1 Å². The minimum atomic E-state index is -0.462. The van der Waals surface area contributed by atoms with Crippen molar-refractivity contribution in [2.75, 3.05) is 0 Å². The van der Waals surface area contributed by atoms with Gasteiger partial charge in [0.15, 0.2) is 10.3 Å². The van der Waals surface area contributed by atoms with Gasteiger partial charge in [-0.1, -0.05) is 108 Å². The summed E-state index contributed by atoms with van der Waals surface area (Å²) in [5.41, 5.74) is 3.28. The van der Waals surface area contributed by atoms with Crippen LogP contribution in [0.3, 0.4) is 0 Å². The number of hydrogen-bond donors (Lipinski definition) is 2. The molecule has 0 spiro atoms. The van der Waals surface area contributed by atoms with E-state index >= 15 is 0 Å². The SMILES string of the molecule is N#Cc1c(-c2ccccc2)nc(SCc2ccc(CSc3nc(-c4ccccc4)c(C#N)c(=O)[nH]3)cc2)[nH]c1=O. The van der Waals surface area contributed by atoms with E-state index in [0.29, 0.717) is 44.3 Å². The molecule has 194 valence electrons. The smallest absolute Gasteiger partial charge is 0.270 e. The van der Waals surface area contributed by atoms with E-state index in [2.05, 4.69) is 19.9 Å². The Morgan fingerprint density at radius 1 is 0.600 bits per heavy atom. The highest BCUT2D eigenvalue weighted by atomic mass is 32.2. The van der Waals surface area contributed by atoms with Crippen molar-refractivity contribution in [1.82, 2.24) is 19.9 Å².